The second-order valence-electron chi connectivity index (χ2n) is 3.62. The summed E-state index contributed by atoms with van der Waals surface area (Å²) in [6.07, 6.45) is 0. The van der Waals surface area contributed by atoms with Gasteiger partial charge in [0.05, 0.1) is 5.02 Å². The minimum atomic E-state index is -0.295. The zero-order chi connectivity index (χ0) is 13.8. The summed E-state index contributed by atoms with van der Waals surface area (Å²) in [5.74, 6) is -0.318. The van der Waals surface area contributed by atoms with Gasteiger partial charge in [-0.25, -0.2) is 0 Å². The molecule has 0 aliphatic carbocycles. The molecular weight excluding hydrogens is 286 g/mol. The van der Waals surface area contributed by atoms with Gasteiger partial charge in [-0.15, -0.1) is 11.3 Å². The molecule has 0 aliphatic heterocycles. The Hall–Kier alpha value is -2.05. The molecule has 0 atom stereocenters. The molecule has 2 aromatic rings. The fourth-order valence-corrected chi connectivity index (χ4v) is 2.49. The molecule has 0 radical (unpaired) electrons. The summed E-state index contributed by atoms with van der Waals surface area (Å²) in [5.41, 5.74) is 6.53. The third-order valence-electron chi connectivity index (χ3n) is 2.35. The lowest BCUT2D eigenvalue weighted by Gasteiger charge is -2.06. The summed E-state index contributed by atoms with van der Waals surface area (Å²) in [4.78, 5) is 12.4. The van der Waals surface area contributed by atoms with Gasteiger partial charge >= 0.3 is 0 Å². The lowest BCUT2D eigenvalue weighted by molar-refractivity contribution is 0.103. The normalized spacial score (nSPS) is 11.3. The van der Waals surface area contributed by atoms with E-state index in [9.17, 15) is 4.79 Å². The summed E-state index contributed by atoms with van der Waals surface area (Å²) in [6.45, 7) is 0. The molecule has 7 heteroatoms. The van der Waals surface area contributed by atoms with Crippen molar-refractivity contribution in [1.29, 1.82) is 0 Å². The topological polar surface area (TPSA) is 87.7 Å². The number of halogens is 1. The molecule has 1 aromatic carbocycles. The van der Waals surface area contributed by atoms with E-state index in [1.54, 1.807) is 35.7 Å². The Morgan fingerprint density at radius 1 is 1.42 bits per heavy atom. The van der Waals surface area contributed by atoms with E-state index in [-0.39, 0.29) is 11.7 Å². The first-order valence-corrected chi connectivity index (χ1v) is 6.50. The third kappa shape index (κ3) is 3.04. The standard InChI is InChI=1S/C12H10ClN3O2S/c13-9-4-5-19-10(9)12(17)15-8-3-1-2-7(6-8)11(14)16-18/h1-6,18H,(H2,14,16)(H,15,17). The van der Waals surface area contributed by atoms with Gasteiger partial charge in [-0.1, -0.05) is 28.9 Å². The predicted octanol–water partition coefficient (Wildman–Crippen LogP) is 2.75. The highest BCUT2D eigenvalue weighted by atomic mass is 35.5. The van der Waals surface area contributed by atoms with Crippen molar-refractivity contribution < 1.29 is 10.0 Å². The number of nitrogens with two attached hydrogens (primary N) is 1. The van der Waals surface area contributed by atoms with Crippen molar-refractivity contribution in [2.24, 2.45) is 10.9 Å². The van der Waals surface area contributed by atoms with Gasteiger partial charge in [0.25, 0.3) is 5.91 Å². The number of amides is 1. The Bertz CT molecular complexity index is 639. The quantitative estimate of drug-likeness (QED) is 0.352. The molecule has 4 N–H and O–H groups in total. The molecule has 1 aromatic heterocycles. The molecule has 0 spiro atoms. The third-order valence-corrected chi connectivity index (χ3v) is 3.69. The molecule has 0 aliphatic rings. The first-order chi connectivity index (χ1) is 9.11. The van der Waals surface area contributed by atoms with Gasteiger partial charge in [-0.05, 0) is 23.6 Å². The van der Waals surface area contributed by atoms with Crippen LogP contribution in [0.15, 0.2) is 40.9 Å². The van der Waals surface area contributed by atoms with Crippen LogP contribution in [0, 0.1) is 0 Å². The number of carbonyl (C=O) groups excluding carboxylic acids is 1. The van der Waals surface area contributed by atoms with Crippen molar-refractivity contribution in [3.63, 3.8) is 0 Å². The second-order valence-corrected chi connectivity index (χ2v) is 4.94. The highest BCUT2D eigenvalue weighted by Crippen LogP contribution is 2.23. The number of rotatable bonds is 3. The Morgan fingerprint density at radius 2 is 2.21 bits per heavy atom. The zero-order valence-electron chi connectivity index (χ0n) is 9.63. The van der Waals surface area contributed by atoms with Gasteiger partial charge in [0.15, 0.2) is 5.84 Å². The van der Waals surface area contributed by atoms with Crippen molar-refractivity contribution >= 4 is 40.4 Å². The van der Waals surface area contributed by atoms with Crippen LogP contribution in [0.25, 0.3) is 0 Å². The number of benzene rings is 1. The maximum Gasteiger partial charge on any atom is 0.267 e. The lowest BCUT2D eigenvalue weighted by atomic mass is 10.2. The number of oxime groups is 1. The number of nitrogens with one attached hydrogen (secondary N) is 1. The van der Waals surface area contributed by atoms with E-state index >= 15 is 0 Å². The van der Waals surface area contributed by atoms with E-state index in [1.165, 1.54) is 11.3 Å². The van der Waals surface area contributed by atoms with Crippen LogP contribution in [0.2, 0.25) is 5.02 Å². The SMILES string of the molecule is N/C(=N/O)c1cccc(NC(=O)c2sccc2Cl)c1. The highest BCUT2D eigenvalue weighted by Gasteiger charge is 2.12. The molecule has 0 saturated heterocycles. The molecule has 19 heavy (non-hydrogen) atoms. The number of anilines is 1. The number of carbonyl (C=O) groups is 1. The van der Waals surface area contributed by atoms with Crippen LogP contribution >= 0.6 is 22.9 Å². The molecule has 98 valence electrons. The van der Waals surface area contributed by atoms with Gasteiger partial charge in [0.1, 0.15) is 4.88 Å². The minimum Gasteiger partial charge on any atom is -0.409 e. The fourth-order valence-electron chi connectivity index (χ4n) is 1.46. The Kier molecular flexibility index (Phi) is 4.03. The van der Waals surface area contributed by atoms with Gasteiger partial charge < -0.3 is 16.3 Å². The number of nitrogens with zero attached hydrogens (tertiary/aromatic N) is 1. The average Bonchev–Trinajstić information content (AvgIpc) is 2.84. The summed E-state index contributed by atoms with van der Waals surface area (Å²) < 4.78 is 0. The second kappa shape index (κ2) is 5.73. The molecule has 0 fully saturated rings. The predicted molar refractivity (Wildman–Crippen MR) is 76.2 cm³/mol. The summed E-state index contributed by atoms with van der Waals surface area (Å²) >= 11 is 7.14. The molecule has 2 rings (SSSR count). The van der Waals surface area contributed by atoms with E-state index in [1.807, 2.05) is 0 Å². The van der Waals surface area contributed by atoms with Gasteiger partial charge in [0, 0.05) is 11.3 Å². The molecule has 0 unspecified atom stereocenters. The Morgan fingerprint density at radius 3 is 2.84 bits per heavy atom. The smallest absolute Gasteiger partial charge is 0.267 e. The summed E-state index contributed by atoms with van der Waals surface area (Å²) in [7, 11) is 0. The van der Waals surface area contributed by atoms with E-state index in [2.05, 4.69) is 10.5 Å². The largest absolute Gasteiger partial charge is 0.409 e. The van der Waals surface area contributed by atoms with Gasteiger partial charge in [-0.3, -0.25) is 4.79 Å². The maximum absolute atomic E-state index is 12.0. The molecule has 0 bridgehead atoms. The minimum absolute atomic E-state index is 0.0229. The van der Waals surface area contributed by atoms with Crippen LogP contribution in [-0.2, 0) is 0 Å². The number of amidine groups is 1. The lowest BCUT2D eigenvalue weighted by Crippen LogP contribution is -2.15. The Labute approximate surface area is 118 Å². The fraction of sp³-hybridized carbons (Fsp3) is 0. The van der Waals surface area contributed by atoms with E-state index in [0.29, 0.717) is 21.2 Å². The van der Waals surface area contributed by atoms with Crippen LogP contribution in [0.4, 0.5) is 5.69 Å². The molecular formula is C12H10ClN3O2S. The number of hydrogen-bond acceptors (Lipinski definition) is 4. The van der Waals surface area contributed by atoms with Crippen molar-refractivity contribution in [3.8, 4) is 0 Å². The van der Waals surface area contributed by atoms with Crippen molar-refractivity contribution in [2.75, 3.05) is 5.32 Å². The van der Waals surface area contributed by atoms with E-state index in [4.69, 9.17) is 22.5 Å². The van der Waals surface area contributed by atoms with Crippen molar-refractivity contribution in [3.05, 3.63) is 51.2 Å². The summed E-state index contributed by atoms with van der Waals surface area (Å²) in [6, 6.07) is 8.33. The maximum atomic E-state index is 12.0. The van der Waals surface area contributed by atoms with Crippen LogP contribution in [0.3, 0.4) is 0 Å². The van der Waals surface area contributed by atoms with E-state index < -0.39 is 0 Å². The van der Waals surface area contributed by atoms with Crippen LogP contribution in [0.5, 0.6) is 0 Å². The van der Waals surface area contributed by atoms with E-state index in [0.717, 1.165) is 0 Å². The van der Waals surface area contributed by atoms with Crippen molar-refractivity contribution in [2.45, 2.75) is 0 Å². The first-order valence-electron chi connectivity index (χ1n) is 5.24. The Balaban J connectivity index is 2.20. The first kappa shape index (κ1) is 13.4. The number of hydrogen-bond donors (Lipinski definition) is 3. The highest BCUT2D eigenvalue weighted by molar-refractivity contribution is 7.12. The molecule has 5 nitrogen and oxygen atoms in total. The van der Waals surface area contributed by atoms with Crippen molar-refractivity contribution in [1.82, 2.24) is 0 Å². The van der Waals surface area contributed by atoms with Gasteiger partial charge in [0.2, 0.25) is 0 Å². The zero-order valence-corrected chi connectivity index (χ0v) is 11.2. The van der Waals surface area contributed by atoms with Crippen LogP contribution in [0.1, 0.15) is 15.2 Å². The molecule has 1 amide bonds. The molecule has 0 saturated carbocycles. The van der Waals surface area contributed by atoms with Crippen LogP contribution < -0.4 is 11.1 Å². The average molecular weight is 296 g/mol. The number of thiophene rings is 1. The molecule has 1 heterocycles. The van der Waals surface area contributed by atoms with Crippen LogP contribution in [-0.4, -0.2) is 17.0 Å². The van der Waals surface area contributed by atoms with Gasteiger partial charge in [-0.2, -0.15) is 0 Å². The summed E-state index contributed by atoms with van der Waals surface area (Å²) in [5, 5.41) is 16.4. The monoisotopic (exact) mass is 295 g/mol.